The lowest BCUT2D eigenvalue weighted by atomic mass is 9.67. The average molecular weight is 579 g/mol. The fourth-order valence-electron chi connectivity index (χ4n) is 5.71. The van der Waals surface area contributed by atoms with E-state index in [2.05, 4.69) is 19.1 Å². The third kappa shape index (κ3) is 12.0. The van der Waals surface area contributed by atoms with Crippen LogP contribution in [0, 0.1) is 23.7 Å². The summed E-state index contributed by atoms with van der Waals surface area (Å²) >= 11 is 0. The minimum Gasteiger partial charge on any atom is -0.463 e. The first-order chi connectivity index (χ1) is 20.0. The van der Waals surface area contributed by atoms with Gasteiger partial charge in [0, 0.05) is 6.42 Å². The number of esters is 3. The molecule has 0 radical (unpaired) electrons. The smallest absolute Gasteiger partial charge is 0.310 e. The third-order valence-corrected chi connectivity index (χ3v) is 8.48. The average Bonchev–Trinajstić information content (AvgIpc) is 3.82. The minimum atomic E-state index is -0.547. The Morgan fingerprint density at radius 3 is 1.49 bits per heavy atom. The lowest BCUT2D eigenvalue weighted by molar-refractivity contribution is -0.166. The Hall–Kier alpha value is -1.97. The summed E-state index contributed by atoms with van der Waals surface area (Å²) in [7, 11) is 0. The van der Waals surface area contributed by atoms with Gasteiger partial charge in [0.25, 0.3) is 0 Å². The maximum absolute atomic E-state index is 13.5. The monoisotopic (exact) mass is 578 g/mol. The molecule has 232 valence electrons. The molecule has 0 bridgehead atoms. The molecule has 4 aliphatic rings. The Labute approximate surface area is 245 Å². The second kappa shape index (κ2) is 17.2. The Morgan fingerprint density at radius 2 is 1.02 bits per heavy atom. The van der Waals surface area contributed by atoms with Gasteiger partial charge in [-0.05, 0) is 31.1 Å². The summed E-state index contributed by atoms with van der Waals surface area (Å²) < 4.78 is 32.1. The van der Waals surface area contributed by atoms with Crippen molar-refractivity contribution in [3.63, 3.8) is 0 Å². The summed E-state index contributed by atoms with van der Waals surface area (Å²) in [5.74, 6) is -1.93. The van der Waals surface area contributed by atoms with Crippen LogP contribution in [-0.4, -0.2) is 75.9 Å². The van der Waals surface area contributed by atoms with Gasteiger partial charge >= 0.3 is 17.9 Å². The number of hydrogen-bond donors (Lipinski definition) is 0. The van der Waals surface area contributed by atoms with Gasteiger partial charge in [-0.1, -0.05) is 76.9 Å². The Bertz CT molecular complexity index is 846. The number of carbonyl (C=O) groups excluding carboxylic acids is 3. The number of rotatable bonds is 22. The number of hydrogen-bond acceptors (Lipinski definition) is 9. The zero-order valence-electron chi connectivity index (χ0n) is 24.8. The molecule has 41 heavy (non-hydrogen) atoms. The fraction of sp³-hybridized carbons (Fsp3) is 0.844. The van der Waals surface area contributed by atoms with E-state index >= 15 is 0 Å². The summed E-state index contributed by atoms with van der Waals surface area (Å²) in [5, 5.41) is 0. The van der Waals surface area contributed by atoms with E-state index in [9.17, 15) is 14.4 Å². The van der Waals surface area contributed by atoms with E-state index in [0.717, 1.165) is 70.6 Å². The standard InChI is InChI=1S/C32H50O9/c1-2-3-4-9-12-23-15-16-24(13-10-7-5-6-8-11-14-28(33)39-20-25-17-36-25)30(32(35)41-22-27-19-38-27)29(23)31(34)40-21-26-18-37-26/h15-16,23-27,29-30H,2-14,17-22H2,1H3. The second-order valence-corrected chi connectivity index (χ2v) is 12.1. The van der Waals surface area contributed by atoms with Gasteiger partial charge in [-0.25, -0.2) is 0 Å². The number of unbranched alkanes of at least 4 members (excludes halogenated alkanes) is 8. The van der Waals surface area contributed by atoms with Crippen molar-refractivity contribution >= 4 is 17.9 Å². The minimum absolute atomic E-state index is 0.0164. The van der Waals surface area contributed by atoms with Crippen LogP contribution in [0.3, 0.4) is 0 Å². The Morgan fingerprint density at radius 1 is 0.610 bits per heavy atom. The maximum Gasteiger partial charge on any atom is 0.310 e. The molecule has 0 spiro atoms. The highest BCUT2D eigenvalue weighted by Gasteiger charge is 2.47. The molecule has 0 N–H and O–H groups in total. The fourth-order valence-corrected chi connectivity index (χ4v) is 5.71. The normalized spacial score (nSPS) is 29.5. The predicted octanol–water partition coefficient (Wildman–Crippen LogP) is 4.94. The van der Waals surface area contributed by atoms with E-state index in [1.54, 1.807) is 0 Å². The molecule has 1 aliphatic carbocycles. The number of allylic oxidation sites excluding steroid dienone is 2. The number of carbonyl (C=O) groups is 3. The summed E-state index contributed by atoms with van der Waals surface area (Å²) in [6, 6.07) is 0. The van der Waals surface area contributed by atoms with Crippen molar-refractivity contribution in [2.24, 2.45) is 23.7 Å². The van der Waals surface area contributed by atoms with Crippen molar-refractivity contribution in [2.45, 2.75) is 109 Å². The highest BCUT2D eigenvalue weighted by Crippen LogP contribution is 2.41. The second-order valence-electron chi connectivity index (χ2n) is 12.1. The molecule has 0 aromatic rings. The van der Waals surface area contributed by atoms with Gasteiger partial charge < -0.3 is 28.4 Å². The van der Waals surface area contributed by atoms with Crippen LogP contribution in [-0.2, 0) is 42.8 Å². The Balaban J connectivity index is 1.26. The van der Waals surface area contributed by atoms with Gasteiger partial charge in [0.2, 0.25) is 0 Å². The van der Waals surface area contributed by atoms with Crippen molar-refractivity contribution in [1.29, 1.82) is 0 Å². The molecular formula is C32H50O9. The van der Waals surface area contributed by atoms with Gasteiger partial charge in [-0.3, -0.25) is 14.4 Å². The van der Waals surface area contributed by atoms with Crippen LogP contribution in [0.4, 0.5) is 0 Å². The SMILES string of the molecule is CCCCCCC1C=CC(CCCCCCCCC(=O)OCC2CO2)C(C(=O)OCC2CO2)C1C(=O)OCC1CO1. The molecule has 0 amide bonds. The largest absolute Gasteiger partial charge is 0.463 e. The molecule has 0 aromatic carbocycles. The number of ether oxygens (including phenoxy) is 6. The van der Waals surface area contributed by atoms with Crippen LogP contribution < -0.4 is 0 Å². The van der Waals surface area contributed by atoms with E-state index < -0.39 is 11.8 Å². The van der Waals surface area contributed by atoms with E-state index in [1.165, 1.54) is 6.42 Å². The summed E-state index contributed by atoms with van der Waals surface area (Å²) in [4.78, 5) is 38.7. The van der Waals surface area contributed by atoms with E-state index in [0.29, 0.717) is 32.8 Å². The van der Waals surface area contributed by atoms with Crippen molar-refractivity contribution < 1.29 is 42.8 Å². The molecule has 9 nitrogen and oxygen atoms in total. The van der Waals surface area contributed by atoms with Gasteiger partial charge in [-0.2, -0.15) is 0 Å². The molecule has 3 saturated heterocycles. The van der Waals surface area contributed by atoms with Crippen molar-refractivity contribution in [2.75, 3.05) is 39.6 Å². The first-order valence-electron chi connectivity index (χ1n) is 16.1. The van der Waals surface area contributed by atoms with Crippen LogP contribution in [0.5, 0.6) is 0 Å². The maximum atomic E-state index is 13.5. The van der Waals surface area contributed by atoms with Gasteiger partial charge in [0.1, 0.15) is 38.1 Å². The topological polar surface area (TPSA) is 116 Å². The van der Waals surface area contributed by atoms with Gasteiger partial charge in [0.15, 0.2) is 0 Å². The van der Waals surface area contributed by atoms with E-state index in [1.807, 2.05) is 0 Å². The molecule has 7 unspecified atom stereocenters. The third-order valence-electron chi connectivity index (χ3n) is 8.48. The van der Waals surface area contributed by atoms with Crippen molar-refractivity contribution in [3.05, 3.63) is 12.2 Å². The molecule has 0 aromatic heterocycles. The predicted molar refractivity (Wildman–Crippen MR) is 151 cm³/mol. The van der Waals surface area contributed by atoms with Crippen molar-refractivity contribution in [3.8, 4) is 0 Å². The molecule has 0 saturated carbocycles. The van der Waals surface area contributed by atoms with Crippen LogP contribution in [0.25, 0.3) is 0 Å². The Kier molecular flexibility index (Phi) is 13.4. The van der Waals surface area contributed by atoms with E-state index in [4.69, 9.17) is 28.4 Å². The van der Waals surface area contributed by atoms with Crippen LogP contribution in [0.1, 0.15) is 90.4 Å². The van der Waals surface area contributed by atoms with E-state index in [-0.39, 0.29) is 61.3 Å². The lowest BCUT2D eigenvalue weighted by Crippen LogP contribution is -2.43. The quantitative estimate of drug-likeness (QED) is 0.0579. The van der Waals surface area contributed by atoms with Crippen molar-refractivity contribution in [1.82, 2.24) is 0 Å². The number of epoxide rings is 3. The zero-order chi connectivity index (χ0) is 28.9. The molecule has 7 atom stereocenters. The molecule has 3 aliphatic heterocycles. The highest BCUT2D eigenvalue weighted by molar-refractivity contribution is 5.83. The highest BCUT2D eigenvalue weighted by atomic mass is 16.6. The molecule has 3 fully saturated rings. The van der Waals surface area contributed by atoms with Crippen LogP contribution in [0.2, 0.25) is 0 Å². The summed E-state index contributed by atoms with van der Waals surface area (Å²) in [5.41, 5.74) is 0. The summed E-state index contributed by atoms with van der Waals surface area (Å²) in [6.45, 7) is 4.98. The zero-order valence-corrected chi connectivity index (χ0v) is 24.8. The van der Waals surface area contributed by atoms with Gasteiger partial charge in [-0.15, -0.1) is 0 Å². The summed E-state index contributed by atoms with van der Waals surface area (Å²) in [6.07, 6.45) is 17.0. The van der Waals surface area contributed by atoms with Crippen LogP contribution >= 0.6 is 0 Å². The molecule has 9 heteroatoms. The molecule has 3 heterocycles. The van der Waals surface area contributed by atoms with Crippen LogP contribution in [0.15, 0.2) is 12.2 Å². The lowest BCUT2D eigenvalue weighted by Gasteiger charge is -2.37. The molecular weight excluding hydrogens is 528 g/mol. The molecule has 4 rings (SSSR count). The van der Waals surface area contributed by atoms with Gasteiger partial charge in [0.05, 0.1) is 31.7 Å². The first-order valence-corrected chi connectivity index (χ1v) is 16.1. The first kappa shape index (κ1) is 32.0.